The summed E-state index contributed by atoms with van der Waals surface area (Å²) >= 11 is 0. The lowest BCUT2D eigenvalue weighted by Crippen LogP contribution is -2.40. The Morgan fingerprint density at radius 1 is 1.17 bits per heavy atom. The van der Waals surface area contributed by atoms with Gasteiger partial charge in [-0.3, -0.25) is 0 Å². The quantitative estimate of drug-likeness (QED) is 0.848. The third kappa shape index (κ3) is 3.24. The molecule has 128 valence electrons. The normalized spacial score (nSPS) is 16.8. The summed E-state index contributed by atoms with van der Waals surface area (Å²) in [6, 6.07) is 11.0. The van der Waals surface area contributed by atoms with Crippen molar-refractivity contribution in [2.45, 2.75) is 38.7 Å². The van der Waals surface area contributed by atoms with Gasteiger partial charge in [-0.2, -0.15) is 0 Å². The summed E-state index contributed by atoms with van der Waals surface area (Å²) in [6.45, 7) is 5.43. The van der Waals surface area contributed by atoms with Crippen LogP contribution in [0.5, 0.6) is 5.75 Å². The average Bonchev–Trinajstić information content (AvgIpc) is 2.58. The number of nitrogens with two attached hydrogens (primary N) is 1. The number of rotatable bonds is 4. The van der Waals surface area contributed by atoms with Crippen LogP contribution in [0.2, 0.25) is 0 Å². The van der Waals surface area contributed by atoms with Crippen LogP contribution in [-0.4, -0.2) is 13.2 Å². The summed E-state index contributed by atoms with van der Waals surface area (Å²) in [5, 5.41) is 0. The van der Waals surface area contributed by atoms with Crippen molar-refractivity contribution < 1.29 is 13.9 Å². The van der Waals surface area contributed by atoms with Crippen LogP contribution >= 0.6 is 0 Å². The van der Waals surface area contributed by atoms with Gasteiger partial charge in [0.05, 0.1) is 13.2 Å². The molecule has 1 heterocycles. The van der Waals surface area contributed by atoms with Gasteiger partial charge < -0.3 is 15.2 Å². The number of halogens is 1. The molecule has 1 saturated heterocycles. The zero-order valence-corrected chi connectivity index (χ0v) is 14.3. The Bertz CT molecular complexity index is 724. The maximum Gasteiger partial charge on any atom is 0.167 e. The van der Waals surface area contributed by atoms with E-state index in [1.165, 1.54) is 17.2 Å². The highest BCUT2D eigenvalue weighted by Gasteiger charge is 2.38. The molecule has 0 spiro atoms. The predicted molar refractivity (Wildman–Crippen MR) is 93.7 cm³/mol. The van der Waals surface area contributed by atoms with E-state index in [4.69, 9.17) is 15.2 Å². The number of nitrogen functional groups attached to an aromatic ring is 1. The van der Waals surface area contributed by atoms with E-state index >= 15 is 0 Å². The number of anilines is 1. The monoisotopic (exact) mass is 329 g/mol. The molecule has 3 nitrogen and oxygen atoms in total. The Kier molecular flexibility index (Phi) is 4.76. The maximum absolute atomic E-state index is 14.3. The minimum absolute atomic E-state index is 0.241. The van der Waals surface area contributed by atoms with Crippen LogP contribution in [0.3, 0.4) is 0 Å². The predicted octanol–water partition coefficient (Wildman–Crippen LogP) is 4.36. The Hall–Kier alpha value is -2.07. The Balaban J connectivity index is 2.01. The summed E-state index contributed by atoms with van der Waals surface area (Å²) in [5.74, 6) is -0.186. The number of hydrogen-bond donors (Lipinski definition) is 1. The van der Waals surface area contributed by atoms with Crippen molar-refractivity contribution in [1.29, 1.82) is 0 Å². The molecule has 0 atom stereocenters. The summed E-state index contributed by atoms with van der Waals surface area (Å²) in [7, 11) is 0. The van der Waals surface area contributed by atoms with Crippen molar-refractivity contribution in [2.24, 2.45) is 0 Å². The van der Waals surface area contributed by atoms with Gasteiger partial charge in [0.1, 0.15) is 5.60 Å². The SMILES string of the molecule is CCc1ccc(C2(Oc3ccc(N)cc3F)CCOCC2)c(C)c1. The molecule has 1 aliphatic heterocycles. The second-order valence-electron chi connectivity index (χ2n) is 6.40. The third-order valence-electron chi connectivity index (χ3n) is 4.75. The van der Waals surface area contributed by atoms with E-state index in [2.05, 4.69) is 32.0 Å². The number of benzene rings is 2. The molecular formula is C20H24FNO2. The van der Waals surface area contributed by atoms with Gasteiger partial charge in [-0.15, -0.1) is 0 Å². The van der Waals surface area contributed by atoms with Gasteiger partial charge in [0.15, 0.2) is 11.6 Å². The van der Waals surface area contributed by atoms with Crippen LogP contribution in [0.25, 0.3) is 0 Å². The molecule has 1 fully saturated rings. The maximum atomic E-state index is 14.3. The molecule has 0 unspecified atom stereocenters. The van der Waals surface area contributed by atoms with Gasteiger partial charge in [0.25, 0.3) is 0 Å². The van der Waals surface area contributed by atoms with E-state index in [-0.39, 0.29) is 5.75 Å². The topological polar surface area (TPSA) is 44.5 Å². The molecule has 2 N–H and O–H groups in total. The van der Waals surface area contributed by atoms with Crippen molar-refractivity contribution >= 4 is 5.69 Å². The molecule has 2 aromatic carbocycles. The molecule has 0 aliphatic carbocycles. The molecule has 2 aromatic rings. The summed E-state index contributed by atoms with van der Waals surface area (Å²) in [6.07, 6.45) is 2.39. The van der Waals surface area contributed by atoms with Crippen LogP contribution in [0, 0.1) is 12.7 Å². The Labute approximate surface area is 142 Å². The van der Waals surface area contributed by atoms with E-state index in [0.29, 0.717) is 31.7 Å². The number of aryl methyl sites for hydroxylation is 2. The molecule has 1 aliphatic rings. The van der Waals surface area contributed by atoms with Gasteiger partial charge in [0.2, 0.25) is 0 Å². The zero-order valence-electron chi connectivity index (χ0n) is 14.3. The lowest BCUT2D eigenvalue weighted by atomic mass is 9.82. The summed E-state index contributed by atoms with van der Waals surface area (Å²) in [5.41, 5.74) is 9.05. The van der Waals surface area contributed by atoms with Crippen LogP contribution < -0.4 is 10.5 Å². The molecule has 3 rings (SSSR count). The van der Waals surface area contributed by atoms with Crippen LogP contribution in [0.1, 0.15) is 36.5 Å². The van der Waals surface area contributed by atoms with Gasteiger partial charge >= 0.3 is 0 Å². The van der Waals surface area contributed by atoms with E-state index in [0.717, 1.165) is 12.0 Å². The highest BCUT2D eigenvalue weighted by atomic mass is 19.1. The zero-order chi connectivity index (χ0) is 17.2. The van der Waals surface area contributed by atoms with Crippen LogP contribution in [0.4, 0.5) is 10.1 Å². The van der Waals surface area contributed by atoms with Gasteiger partial charge in [-0.1, -0.05) is 25.1 Å². The summed E-state index contributed by atoms with van der Waals surface area (Å²) in [4.78, 5) is 0. The number of ether oxygens (including phenoxy) is 2. The third-order valence-corrected chi connectivity index (χ3v) is 4.75. The molecule has 0 bridgehead atoms. The van der Waals surface area contributed by atoms with Crippen molar-refractivity contribution in [3.63, 3.8) is 0 Å². The second kappa shape index (κ2) is 6.81. The molecule has 0 radical (unpaired) electrons. The van der Waals surface area contributed by atoms with Gasteiger partial charge in [-0.25, -0.2) is 4.39 Å². The molecular weight excluding hydrogens is 305 g/mol. The van der Waals surface area contributed by atoms with E-state index in [1.54, 1.807) is 12.1 Å². The average molecular weight is 329 g/mol. The second-order valence-corrected chi connectivity index (χ2v) is 6.40. The largest absolute Gasteiger partial charge is 0.479 e. The Morgan fingerprint density at radius 2 is 1.92 bits per heavy atom. The van der Waals surface area contributed by atoms with Crippen LogP contribution in [0.15, 0.2) is 36.4 Å². The first-order chi connectivity index (χ1) is 11.5. The first kappa shape index (κ1) is 16.8. The van der Waals surface area contributed by atoms with Gasteiger partial charge in [-0.05, 0) is 42.2 Å². The lowest BCUT2D eigenvalue weighted by Gasteiger charge is -2.39. The molecule has 24 heavy (non-hydrogen) atoms. The van der Waals surface area contributed by atoms with E-state index in [1.807, 2.05) is 0 Å². The highest BCUT2D eigenvalue weighted by Crippen LogP contribution is 2.40. The van der Waals surface area contributed by atoms with Crippen molar-refractivity contribution in [1.82, 2.24) is 0 Å². The molecule has 0 amide bonds. The Morgan fingerprint density at radius 3 is 2.54 bits per heavy atom. The van der Waals surface area contributed by atoms with Crippen molar-refractivity contribution in [3.05, 3.63) is 58.9 Å². The fourth-order valence-electron chi connectivity index (χ4n) is 3.39. The summed E-state index contributed by atoms with van der Waals surface area (Å²) < 4.78 is 26.1. The lowest BCUT2D eigenvalue weighted by molar-refractivity contribution is -0.0521. The minimum Gasteiger partial charge on any atom is -0.479 e. The smallest absolute Gasteiger partial charge is 0.167 e. The molecule has 4 heteroatoms. The van der Waals surface area contributed by atoms with Gasteiger partial charge in [0, 0.05) is 24.6 Å². The first-order valence-electron chi connectivity index (χ1n) is 8.46. The highest BCUT2D eigenvalue weighted by molar-refractivity contribution is 5.44. The fraction of sp³-hybridized carbons (Fsp3) is 0.400. The molecule has 0 saturated carbocycles. The fourth-order valence-corrected chi connectivity index (χ4v) is 3.39. The standard InChI is InChI=1S/C20H24FNO2/c1-3-15-4-6-17(14(2)12-15)20(8-10-23-11-9-20)24-19-7-5-16(22)13-18(19)21/h4-7,12-13H,3,8-11,22H2,1-2H3. The minimum atomic E-state index is -0.564. The van der Waals surface area contributed by atoms with E-state index in [9.17, 15) is 4.39 Å². The van der Waals surface area contributed by atoms with Crippen molar-refractivity contribution in [2.75, 3.05) is 18.9 Å². The number of hydrogen-bond acceptors (Lipinski definition) is 3. The van der Waals surface area contributed by atoms with Crippen LogP contribution in [-0.2, 0) is 16.8 Å². The first-order valence-corrected chi connectivity index (χ1v) is 8.46. The van der Waals surface area contributed by atoms with Crippen molar-refractivity contribution in [3.8, 4) is 5.75 Å². The molecule has 0 aromatic heterocycles. The van der Waals surface area contributed by atoms with E-state index < -0.39 is 11.4 Å².